The molecule has 0 aromatic heterocycles. The highest BCUT2D eigenvalue weighted by atomic mass is 32.2. The molecule has 2 rings (SSSR count). The average molecular weight is 475 g/mol. The van der Waals surface area contributed by atoms with Crippen molar-refractivity contribution in [3.8, 4) is 0 Å². The van der Waals surface area contributed by atoms with Gasteiger partial charge in [-0.05, 0) is 59.2 Å². The van der Waals surface area contributed by atoms with Gasteiger partial charge in [-0.3, -0.25) is 0 Å². The molecule has 7 nitrogen and oxygen atoms in total. The van der Waals surface area contributed by atoms with E-state index in [1.807, 2.05) is 37.3 Å². The van der Waals surface area contributed by atoms with Crippen molar-refractivity contribution in [1.82, 2.24) is 5.32 Å². The third-order valence-corrected chi connectivity index (χ3v) is 5.89. The van der Waals surface area contributed by atoms with Gasteiger partial charge in [-0.1, -0.05) is 55.0 Å². The van der Waals surface area contributed by atoms with E-state index in [0.29, 0.717) is 0 Å². The first-order chi connectivity index (χ1) is 15.3. The quantitative estimate of drug-likeness (QED) is 0.428. The first-order valence-electron chi connectivity index (χ1n) is 10.9. The topological polar surface area (TPSA) is 94.1 Å². The number of nitrogens with one attached hydrogen (secondary N) is 1. The molecule has 2 aromatic carbocycles. The van der Waals surface area contributed by atoms with E-state index in [0.717, 1.165) is 11.1 Å². The second kappa shape index (κ2) is 10.8. The minimum atomic E-state index is -4.02. The zero-order chi connectivity index (χ0) is 24.8. The van der Waals surface area contributed by atoms with Crippen LogP contribution in [0, 0.1) is 12.8 Å². The smallest absolute Gasteiger partial charge is 0.408 e. The fourth-order valence-corrected chi connectivity index (χ4v) is 4.10. The highest BCUT2D eigenvalue weighted by Gasteiger charge is 2.31. The van der Waals surface area contributed by atoms with E-state index in [4.69, 9.17) is 9.47 Å². The van der Waals surface area contributed by atoms with Gasteiger partial charge in [-0.2, -0.15) is 8.42 Å². The Bertz CT molecular complexity index is 1060. The summed E-state index contributed by atoms with van der Waals surface area (Å²) in [7, 11) is -4.02. The third kappa shape index (κ3) is 8.20. The lowest BCUT2D eigenvalue weighted by molar-refractivity contribution is 0.0492. The van der Waals surface area contributed by atoms with Crippen LogP contribution in [-0.4, -0.2) is 32.1 Å². The Morgan fingerprint density at radius 1 is 0.970 bits per heavy atom. The first-order valence-corrected chi connectivity index (χ1v) is 12.3. The van der Waals surface area contributed by atoms with E-state index in [-0.39, 0.29) is 16.9 Å². The molecule has 0 unspecified atom stereocenters. The van der Waals surface area contributed by atoms with Gasteiger partial charge in [0.25, 0.3) is 10.0 Å². The molecule has 0 heterocycles. The fourth-order valence-electron chi connectivity index (χ4n) is 3.07. The normalized spacial score (nSPS) is 14.5. The van der Waals surface area contributed by atoms with Crippen LogP contribution in [0.25, 0.3) is 0 Å². The summed E-state index contributed by atoms with van der Waals surface area (Å²) in [5.41, 5.74) is 1.02. The number of benzene rings is 2. The molecule has 0 aliphatic rings. The number of aryl methyl sites for hydroxylation is 1. The van der Waals surface area contributed by atoms with Crippen LogP contribution in [0.2, 0.25) is 0 Å². The number of amides is 1. The minimum Gasteiger partial charge on any atom is -0.477 e. The molecule has 2 aromatic rings. The lowest BCUT2D eigenvalue weighted by atomic mass is 9.94. The molecule has 1 amide bonds. The average Bonchev–Trinajstić information content (AvgIpc) is 2.70. The molecule has 0 aliphatic carbocycles. The second-order valence-corrected chi connectivity index (χ2v) is 10.8. The molecule has 33 heavy (non-hydrogen) atoms. The molecule has 0 radical (unpaired) electrons. The molecule has 0 saturated heterocycles. The lowest BCUT2D eigenvalue weighted by Crippen LogP contribution is -2.40. The highest BCUT2D eigenvalue weighted by molar-refractivity contribution is 7.90. The molecule has 8 heteroatoms. The van der Waals surface area contributed by atoms with E-state index in [2.05, 4.69) is 9.71 Å². The Hall–Kier alpha value is -2.87. The van der Waals surface area contributed by atoms with E-state index in [1.54, 1.807) is 53.7 Å². The van der Waals surface area contributed by atoms with Gasteiger partial charge < -0.3 is 14.8 Å². The van der Waals surface area contributed by atoms with Crippen LogP contribution < -0.4 is 5.32 Å². The molecular formula is C25H34N2O5S. The molecule has 0 saturated carbocycles. The summed E-state index contributed by atoms with van der Waals surface area (Å²) in [4.78, 5) is 12.7. The Morgan fingerprint density at radius 2 is 1.55 bits per heavy atom. The van der Waals surface area contributed by atoms with Crippen LogP contribution in [0.3, 0.4) is 0 Å². The SMILES string of the molecule is Cc1ccc(S(=O)(=O)/N=C(/OC(C)C)[C@H](C)[C@H](NC(=O)OC(C)(C)C)c2ccccc2)cc1. The number of sulfonamides is 1. The van der Waals surface area contributed by atoms with Gasteiger partial charge in [-0.15, -0.1) is 4.40 Å². The highest BCUT2D eigenvalue weighted by Crippen LogP contribution is 2.26. The molecule has 2 atom stereocenters. The molecule has 0 aliphatic heterocycles. The number of carbonyl (C=O) groups excluding carboxylic acids is 1. The van der Waals surface area contributed by atoms with Crippen LogP contribution in [0.5, 0.6) is 0 Å². The third-order valence-electron chi connectivity index (χ3n) is 4.61. The van der Waals surface area contributed by atoms with Crippen LogP contribution in [0.15, 0.2) is 63.9 Å². The number of ether oxygens (including phenoxy) is 2. The van der Waals surface area contributed by atoms with Gasteiger partial charge in [0.05, 0.1) is 23.0 Å². The van der Waals surface area contributed by atoms with Crippen molar-refractivity contribution in [3.05, 3.63) is 65.7 Å². The van der Waals surface area contributed by atoms with Gasteiger partial charge in [0.15, 0.2) is 0 Å². The van der Waals surface area contributed by atoms with Crippen molar-refractivity contribution in [2.75, 3.05) is 0 Å². The van der Waals surface area contributed by atoms with Crippen molar-refractivity contribution < 1.29 is 22.7 Å². The van der Waals surface area contributed by atoms with Gasteiger partial charge in [0.1, 0.15) is 5.60 Å². The zero-order valence-electron chi connectivity index (χ0n) is 20.3. The summed E-state index contributed by atoms with van der Waals surface area (Å²) in [6.45, 7) is 12.5. The molecular weight excluding hydrogens is 440 g/mol. The minimum absolute atomic E-state index is 0.00971. The predicted octanol–water partition coefficient (Wildman–Crippen LogP) is 5.41. The van der Waals surface area contributed by atoms with Crippen molar-refractivity contribution in [1.29, 1.82) is 0 Å². The molecule has 0 fully saturated rings. The van der Waals surface area contributed by atoms with E-state index in [9.17, 15) is 13.2 Å². The Labute approximate surface area is 197 Å². The fraction of sp³-hybridized carbons (Fsp3) is 0.440. The maximum atomic E-state index is 13.0. The van der Waals surface area contributed by atoms with Gasteiger partial charge >= 0.3 is 6.09 Å². The standard InChI is InChI=1S/C25H34N2O5S/c1-17(2)31-23(27-33(29,30)21-15-13-18(3)14-16-21)19(4)22(20-11-9-8-10-12-20)26-24(28)32-25(5,6)7/h8-17,19,22H,1-7H3,(H,26,28)/b27-23+/t19-,22+/m1/s1. The van der Waals surface area contributed by atoms with Crippen LogP contribution in [-0.2, 0) is 19.5 Å². The summed E-state index contributed by atoms with van der Waals surface area (Å²) in [6.07, 6.45) is -0.939. The van der Waals surface area contributed by atoms with Gasteiger partial charge in [0, 0.05) is 0 Å². The summed E-state index contributed by atoms with van der Waals surface area (Å²) in [6, 6.07) is 15.1. The van der Waals surface area contributed by atoms with Gasteiger partial charge in [0.2, 0.25) is 5.90 Å². The Kier molecular flexibility index (Phi) is 8.66. The van der Waals surface area contributed by atoms with Crippen molar-refractivity contribution in [3.63, 3.8) is 0 Å². The molecule has 0 bridgehead atoms. The summed E-state index contributed by atoms with van der Waals surface area (Å²) >= 11 is 0. The Balaban J connectivity index is 2.49. The number of hydrogen-bond acceptors (Lipinski definition) is 5. The molecule has 180 valence electrons. The van der Waals surface area contributed by atoms with Crippen molar-refractivity contribution in [2.24, 2.45) is 10.3 Å². The number of carbonyl (C=O) groups is 1. The molecule has 0 spiro atoms. The summed E-state index contributed by atoms with van der Waals surface area (Å²) in [5, 5.41) is 2.86. The first kappa shape index (κ1) is 26.4. The van der Waals surface area contributed by atoms with Crippen LogP contribution in [0.1, 0.15) is 58.7 Å². The maximum Gasteiger partial charge on any atom is 0.408 e. The maximum absolute atomic E-state index is 13.0. The van der Waals surface area contributed by atoms with Crippen molar-refractivity contribution >= 4 is 22.0 Å². The van der Waals surface area contributed by atoms with Crippen LogP contribution in [0.4, 0.5) is 4.79 Å². The number of alkyl carbamates (subject to hydrolysis) is 1. The van der Waals surface area contributed by atoms with E-state index in [1.165, 1.54) is 12.1 Å². The number of hydrogen-bond donors (Lipinski definition) is 1. The monoisotopic (exact) mass is 474 g/mol. The van der Waals surface area contributed by atoms with E-state index < -0.39 is 33.7 Å². The Morgan fingerprint density at radius 3 is 2.06 bits per heavy atom. The number of rotatable bonds is 7. The summed E-state index contributed by atoms with van der Waals surface area (Å²) in [5.74, 6) is -0.599. The largest absolute Gasteiger partial charge is 0.477 e. The number of nitrogens with zero attached hydrogens (tertiary/aromatic N) is 1. The van der Waals surface area contributed by atoms with Crippen molar-refractivity contribution in [2.45, 2.75) is 71.1 Å². The summed E-state index contributed by atoms with van der Waals surface area (Å²) < 4.78 is 41.4. The van der Waals surface area contributed by atoms with Crippen LogP contribution >= 0.6 is 0 Å². The second-order valence-electron chi connectivity index (χ2n) is 9.21. The zero-order valence-corrected chi connectivity index (χ0v) is 21.1. The predicted molar refractivity (Wildman–Crippen MR) is 130 cm³/mol. The molecule has 1 N–H and O–H groups in total. The lowest BCUT2D eigenvalue weighted by Gasteiger charge is -2.29. The van der Waals surface area contributed by atoms with Gasteiger partial charge in [-0.25, -0.2) is 4.79 Å². The van der Waals surface area contributed by atoms with E-state index >= 15 is 0 Å².